The molecular weight excluding hydrogens is 416 g/mol. The highest BCUT2D eigenvalue weighted by Gasteiger charge is 2.23. The summed E-state index contributed by atoms with van der Waals surface area (Å²) in [6.45, 7) is 0.989. The molecule has 10 heteroatoms. The smallest absolute Gasteiger partial charge is 0.342 e. The van der Waals surface area contributed by atoms with Gasteiger partial charge in [0.05, 0.1) is 6.54 Å². The van der Waals surface area contributed by atoms with Crippen molar-refractivity contribution >= 4 is 23.4 Å². The van der Waals surface area contributed by atoms with Gasteiger partial charge in [-0.1, -0.05) is 42.5 Å². The van der Waals surface area contributed by atoms with Gasteiger partial charge in [-0.15, -0.1) is 0 Å². The van der Waals surface area contributed by atoms with Crippen LogP contribution < -0.4 is 21.9 Å². The fraction of sp³-hybridized carbons (Fsp3) is 0.182. The third-order valence-electron chi connectivity index (χ3n) is 4.89. The Morgan fingerprint density at radius 1 is 1.12 bits per heavy atom. The number of amides is 1. The van der Waals surface area contributed by atoms with Crippen LogP contribution in [0.3, 0.4) is 0 Å². The summed E-state index contributed by atoms with van der Waals surface area (Å²) in [6.07, 6.45) is 0. The van der Waals surface area contributed by atoms with Crippen molar-refractivity contribution in [3.05, 3.63) is 86.1 Å². The molecule has 0 unspecified atom stereocenters. The van der Waals surface area contributed by atoms with Crippen LogP contribution in [0.4, 0.5) is 11.5 Å². The van der Waals surface area contributed by atoms with E-state index in [1.54, 1.807) is 43.3 Å². The first-order chi connectivity index (χ1) is 15.2. The van der Waals surface area contributed by atoms with Gasteiger partial charge in [0.25, 0.3) is 11.5 Å². The second-order valence-electron chi connectivity index (χ2n) is 7.06. The highest BCUT2D eigenvalue weighted by Crippen LogP contribution is 2.22. The molecule has 1 heterocycles. The monoisotopic (exact) mass is 438 g/mol. The number of para-hydroxylation sites is 1. The van der Waals surface area contributed by atoms with Gasteiger partial charge >= 0.3 is 11.7 Å². The van der Waals surface area contributed by atoms with Gasteiger partial charge in [0.2, 0.25) is 0 Å². The van der Waals surface area contributed by atoms with Crippen LogP contribution in [-0.2, 0) is 16.1 Å². The van der Waals surface area contributed by atoms with Gasteiger partial charge in [-0.25, -0.2) is 9.59 Å². The van der Waals surface area contributed by atoms with Crippen molar-refractivity contribution in [3.63, 3.8) is 0 Å². The van der Waals surface area contributed by atoms with Crippen LogP contribution in [0, 0.1) is 6.92 Å². The van der Waals surface area contributed by atoms with Crippen molar-refractivity contribution in [2.75, 3.05) is 24.3 Å². The zero-order valence-electron chi connectivity index (χ0n) is 17.5. The number of hydrogen-bond donors (Lipinski definition) is 3. The minimum atomic E-state index is -0.899. The van der Waals surface area contributed by atoms with Crippen molar-refractivity contribution in [1.82, 2.24) is 9.55 Å². The van der Waals surface area contributed by atoms with Crippen molar-refractivity contribution in [2.45, 2.75) is 13.5 Å². The molecule has 166 valence electrons. The minimum absolute atomic E-state index is 0.0823. The van der Waals surface area contributed by atoms with Gasteiger partial charge in [-0.05, 0) is 24.1 Å². The molecule has 0 aliphatic carbocycles. The van der Waals surface area contributed by atoms with Crippen LogP contribution in [0.1, 0.15) is 21.5 Å². The van der Waals surface area contributed by atoms with Gasteiger partial charge in [-0.2, -0.15) is 0 Å². The van der Waals surface area contributed by atoms with E-state index in [-0.39, 0.29) is 29.4 Å². The molecule has 0 spiro atoms. The number of nitrogens with two attached hydrogens (primary N) is 1. The Morgan fingerprint density at radius 2 is 1.81 bits per heavy atom. The number of esters is 1. The van der Waals surface area contributed by atoms with E-state index in [0.717, 1.165) is 15.0 Å². The van der Waals surface area contributed by atoms with Crippen molar-refractivity contribution < 1.29 is 19.4 Å². The van der Waals surface area contributed by atoms with E-state index in [1.165, 1.54) is 13.1 Å². The van der Waals surface area contributed by atoms with Crippen LogP contribution in [0.5, 0.6) is 5.75 Å². The van der Waals surface area contributed by atoms with E-state index < -0.39 is 29.7 Å². The zero-order valence-corrected chi connectivity index (χ0v) is 17.5. The Balaban J connectivity index is 1.81. The maximum absolute atomic E-state index is 12.6. The van der Waals surface area contributed by atoms with E-state index in [0.29, 0.717) is 5.56 Å². The molecule has 10 nitrogen and oxygen atoms in total. The number of benzene rings is 2. The van der Waals surface area contributed by atoms with Crippen LogP contribution >= 0.6 is 0 Å². The molecule has 1 amide bonds. The molecule has 3 aromatic rings. The molecule has 0 atom stereocenters. The van der Waals surface area contributed by atoms with Crippen LogP contribution in [-0.4, -0.2) is 40.2 Å². The zero-order chi connectivity index (χ0) is 23.4. The third kappa shape index (κ3) is 4.53. The first kappa shape index (κ1) is 22.3. The lowest BCUT2D eigenvalue weighted by Crippen LogP contribution is -2.40. The average molecular weight is 438 g/mol. The second-order valence-corrected chi connectivity index (χ2v) is 7.06. The first-order valence-corrected chi connectivity index (χ1v) is 9.59. The Labute approximate surface area is 182 Å². The molecule has 4 N–H and O–H groups in total. The molecule has 1 aromatic heterocycles. The van der Waals surface area contributed by atoms with E-state index in [1.807, 2.05) is 6.07 Å². The SMILES string of the molecule is Cc1cccc(C(=O)OCC(=O)N(C)c2c(N)n(Cc3ccccc3)c(=O)[nH]c2=O)c1O. The number of carbonyl (C=O) groups is 2. The number of rotatable bonds is 6. The van der Waals surface area contributed by atoms with Crippen molar-refractivity contribution in [2.24, 2.45) is 0 Å². The number of aromatic hydroxyl groups is 1. The number of nitrogens with one attached hydrogen (secondary N) is 1. The maximum Gasteiger partial charge on any atom is 0.342 e. The van der Waals surface area contributed by atoms with E-state index in [9.17, 15) is 24.3 Å². The number of aryl methyl sites for hydroxylation is 1. The molecule has 2 aromatic carbocycles. The van der Waals surface area contributed by atoms with E-state index in [4.69, 9.17) is 10.5 Å². The number of anilines is 2. The summed E-state index contributed by atoms with van der Waals surface area (Å²) in [5.41, 5.74) is 5.39. The number of nitrogen functional groups attached to an aromatic ring is 1. The Morgan fingerprint density at radius 3 is 2.50 bits per heavy atom. The van der Waals surface area contributed by atoms with Gasteiger partial charge in [0.15, 0.2) is 12.3 Å². The van der Waals surface area contributed by atoms with Gasteiger partial charge in [-0.3, -0.25) is 19.1 Å². The summed E-state index contributed by atoms with van der Waals surface area (Å²) in [5.74, 6) is -2.11. The molecular formula is C22H22N4O6. The number of nitrogens with zero attached hydrogens (tertiary/aromatic N) is 2. The number of carbonyl (C=O) groups excluding carboxylic acids is 2. The molecule has 3 rings (SSSR count). The van der Waals surface area contributed by atoms with Crippen LogP contribution in [0.15, 0.2) is 58.1 Å². The van der Waals surface area contributed by atoms with Crippen molar-refractivity contribution in [3.8, 4) is 5.75 Å². The van der Waals surface area contributed by atoms with Crippen LogP contribution in [0.2, 0.25) is 0 Å². The Bertz CT molecular complexity index is 1280. The summed E-state index contributed by atoms with van der Waals surface area (Å²) in [6, 6.07) is 13.5. The average Bonchev–Trinajstić information content (AvgIpc) is 2.77. The molecule has 0 saturated heterocycles. The fourth-order valence-corrected chi connectivity index (χ4v) is 3.07. The lowest BCUT2D eigenvalue weighted by molar-refractivity contribution is -0.121. The normalized spacial score (nSPS) is 10.6. The van der Waals surface area contributed by atoms with Crippen molar-refractivity contribution in [1.29, 1.82) is 0 Å². The number of hydrogen-bond acceptors (Lipinski definition) is 7. The Kier molecular flexibility index (Phi) is 6.43. The summed E-state index contributed by atoms with van der Waals surface area (Å²) in [7, 11) is 1.28. The lowest BCUT2D eigenvalue weighted by Gasteiger charge is -2.20. The summed E-state index contributed by atoms with van der Waals surface area (Å²) >= 11 is 0. The topological polar surface area (TPSA) is 148 Å². The molecule has 0 aliphatic heterocycles. The summed E-state index contributed by atoms with van der Waals surface area (Å²) in [4.78, 5) is 52.5. The third-order valence-corrected chi connectivity index (χ3v) is 4.89. The minimum Gasteiger partial charge on any atom is -0.507 e. The molecule has 32 heavy (non-hydrogen) atoms. The predicted molar refractivity (Wildman–Crippen MR) is 118 cm³/mol. The van der Waals surface area contributed by atoms with Gasteiger partial charge in [0, 0.05) is 7.05 Å². The number of aromatic amines is 1. The molecule has 0 radical (unpaired) electrons. The lowest BCUT2D eigenvalue weighted by atomic mass is 10.1. The molecule has 0 fully saturated rings. The second kappa shape index (κ2) is 9.21. The van der Waals surface area contributed by atoms with Gasteiger partial charge < -0.3 is 20.5 Å². The highest BCUT2D eigenvalue weighted by molar-refractivity contribution is 5.99. The van der Waals surface area contributed by atoms with E-state index >= 15 is 0 Å². The first-order valence-electron chi connectivity index (χ1n) is 9.59. The summed E-state index contributed by atoms with van der Waals surface area (Å²) in [5, 5.41) is 9.98. The standard InChI is InChI=1S/C22H22N4O6/c1-13-7-6-10-15(18(13)28)21(30)32-12-16(27)25(2)17-19(23)26(22(31)24-20(17)29)11-14-8-4-3-5-9-14/h3-10,28H,11-12,23H2,1-2H3,(H,24,29,31). The maximum atomic E-state index is 12.6. The molecule has 0 saturated carbocycles. The Hall–Kier alpha value is -4.34. The highest BCUT2D eigenvalue weighted by atomic mass is 16.5. The summed E-state index contributed by atoms with van der Waals surface area (Å²) < 4.78 is 6.12. The van der Waals surface area contributed by atoms with E-state index in [2.05, 4.69) is 4.98 Å². The predicted octanol–water partition coefficient (Wildman–Crippen LogP) is 1.00. The number of H-pyrrole nitrogens is 1. The van der Waals surface area contributed by atoms with Crippen LogP contribution in [0.25, 0.3) is 0 Å². The fourth-order valence-electron chi connectivity index (χ4n) is 3.07. The number of phenolic OH excluding ortho intramolecular Hbond substituents is 1. The molecule has 0 bridgehead atoms. The number of aromatic nitrogens is 2. The number of phenols is 1. The largest absolute Gasteiger partial charge is 0.507 e. The number of ether oxygens (including phenoxy) is 1. The number of likely N-dealkylation sites (N-methyl/N-ethyl adjacent to an activating group) is 1. The van der Waals surface area contributed by atoms with Gasteiger partial charge in [0.1, 0.15) is 17.1 Å². The quantitative estimate of drug-likeness (QED) is 0.486. The molecule has 0 aliphatic rings.